The van der Waals surface area contributed by atoms with Crippen LogP contribution < -0.4 is 0 Å². The van der Waals surface area contributed by atoms with Gasteiger partial charge in [-0.25, -0.2) is 0 Å². The van der Waals surface area contributed by atoms with Crippen molar-refractivity contribution >= 4 is 5.97 Å². The van der Waals surface area contributed by atoms with Crippen molar-refractivity contribution in [2.24, 2.45) is 0 Å². The van der Waals surface area contributed by atoms with Crippen molar-refractivity contribution in [3.8, 4) is 11.1 Å². The molecule has 0 saturated carbocycles. The third-order valence-corrected chi connectivity index (χ3v) is 5.00. The summed E-state index contributed by atoms with van der Waals surface area (Å²) in [6, 6.07) is 14.6. The monoisotopic (exact) mass is 388 g/mol. The first-order valence-electron chi connectivity index (χ1n) is 9.01. The maximum absolute atomic E-state index is 11.7. The van der Waals surface area contributed by atoms with Gasteiger partial charge in [0, 0.05) is 0 Å². The van der Waals surface area contributed by atoms with E-state index in [9.17, 15) is 25.2 Å². The fraction of sp³-hybridized carbons (Fsp3) is 0.381. The quantitative estimate of drug-likeness (QED) is 0.554. The number of hydrogen-bond donors (Lipinski definition) is 4. The Hall–Kier alpha value is -2.29. The zero-order valence-corrected chi connectivity index (χ0v) is 15.4. The average molecular weight is 388 g/mol. The number of carbonyl (C=O) groups is 1. The van der Waals surface area contributed by atoms with Crippen molar-refractivity contribution in [2.75, 3.05) is 13.7 Å². The van der Waals surface area contributed by atoms with Crippen molar-refractivity contribution in [1.82, 2.24) is 0 Å². The highest BCUT2D eigenvalue weighted by Gasteiger charge is 2.43. The Bertz CT molecular complexity index is 820. The number of hydrogen-bond acceptors (Lipinski definition) is 7. The minimum atomic E-state index is -1.44. The molecule has 1 heterocycles. The molecule has 7 heteroatoms. The summed E-state index contributed by atoms with van der Waals surface area (Å²) >= 11 is 0. The molecule has 1 saturated heterocycles. The Morgan fingerprint density at radius 2 is 1.79 bits per heavy atom. The molecule has 5 atom stereocenters. The van der Waals surface area contributed by atoms with Gasteiger partial charge in [-0.05, 0) is 28.3 Å². The third-order valence-electron chi connectivity index (χ3n) is 5.00. The largest absolute Gasteiger partial charge is 0.469 e. The Labute approximate surface area is 162 Å². The summed E-state index contributed by atoms with van der Waals surface area (Å²) in [5, 5.41) is 39.8. The van der Waals surface area contributed by atoms with Crippen LogP contribution in [0.4, 0.5) is 0 Å². The van der Waals surface area contributed by atoms with E-state index in [0.29, 0.717) is 5.56 Å². The van der Waals surface area contributed by atoms with Crippen LogP contribution in [0.2, 0.25) is 0 Å². The number of carbonyl (C=O) groups excluding carboxylic acids is 1. The molecule has 1 fully saturated rings. The first kappa shape index (κ1) is 20.4. The molecule has 150 valence electrons. The van der Waals surface area contributed by atoms with Gasteiger partial charge in [-0.3, -0.25) is 4.79 Å². The van der Waals surface area contributed by atoms with E-state index in [0.717, 1.165) is 16.7 Å². The van der Waals surface area contributed by atoms with Crippen LogP contribution in [-0.4, -0.2) is 64.5 Å². The molecule has 1 aliphatic heterocycles. The normalized spacial score (nSPS) is 27.4. The first-order valence-corrected chi connectivity index (χ1v) is 9.01. The van der Waals surface area contributed by atoms with E-state index in [1.165, 1.54) is 7.11 Å². The second-order valence-corrected chi connectivity index (χ2v) is 6.79. The van der Waals surface area contributed by atoms with Gasteiger partial charge in [0.2, 0.25) is 0 Å². The van der Waals surface area contributed by atoms with Gasteiger partial charge >= 0.3 is 5.97 Å². The molecule has 7 nitrogen and oxygen atoms in total. The van der Waals surface area contributed by atoms with Gasteiger partial charge in [-0.2, -0.15) is 0 Å². The van der Waals surface area contributed by atoms with Crippen LogP contribution in [0.25, 0.3) is 11.1 Å². The Balaban J connectivity index is 1.94. The lowest BCUT2D eigenvalue weighted by molar-refractivity contribution is -0.231. The van der Waals surface area contributed by atoms with E-state index in [1.807, 2.05) is 30.3 Å². The number of benzene rings is 2. The molecule has 0 spiro atoms. The molecule has 1 aliphatic rings. The summed E-state index contributed by atoms with van der Waals surface area (Å²) in [5.74, 6) is -0.350. The van der Waals surface area contributed by atoms with Gasteiger partial charge in [0.05, 0.1) is 20.1 Å². The Kier molecular flexibility index (Phi) is 6.43. The fourth-order valence-corrected chi connectivity index (χ4v) is 3.44. The van der Waals surface area contributed by atoms with E-state index >= 15 is 0 Å². The highest BCUT2D eigenvalue weighted by atomic mass is 16.5. The van der Waals surface area contributed by atoms with Gasteiger partial charge in [0.1, 0.15) is 30.5 Å². The lowest BCUT2D eigenvalue weighted by Gasteiger charge is -2.40. The van der Waals surface area contributed by atoms with Gasteiger partial charge in [-0.1, -0.05) is 42.5 Å². The van der Waals surface area contributed by atoms with Crippen molar-refractivity contribution in [2.45, 2.75) is 36.9 Å². The number of esters is 1. The molecule has 1 unspecified atom stereocenters. The van der Waals surface area contributed by atoms with Gasteiger partial charge in [0.25, 0.3) is 0 Å². The molecule has 2 aromatic carbocycles. The number of aliphatic hydroxyl groups excluding tert-OH is 4. The molecule has 4 N–H and O–H groups in total. The van der Waals surface area contributed by atoms with Crippen LogP contribution >= 0.6 is 0 Å². The fourth-order valence-electron chi connectivity index (χ4n) is 3.44. The lowest BCUT2D eigenvalue weighted by atomic mass is 9.89. The summed E-state index contributed by atoms with van der Waals surface area (Å²) < 4.78 is 10.4. The SMILES string of the molecule is COC(=O)Cc1ccccc1-c1cccc([C@H]2OC(CO)[C@@H](O)[C@H](O)[C@@H]2O)c1. The molecule has 0 radical (unpaired) electrons. The number of methoxy groups -OCH3 is 1. The van der Waals surface area contributed by atoms with E-state index in [1.54, 1.807) is 18.2 Å². The van der Waals surface area contributed by atoms with E-state index in [-0.39, 0.29) is 12.4 Å². The zero-order chi connectivity index (χ0) is 20.3. The van der Waals surface area contributed by atoms with Crippen LogP contribution in [-0.2, 0) is 20.7 Å². The summed E-state index contributed by atoms with van der Waals surface area (Å²) in [4.78, 5) is 11.7. The van der Waals surface area contributed by atoms with E-state index < -0.39 is 37.1 Å². The molecule has 0 bridgehead atoms. The maximum atomic E-state index is 11.7. The first-order chi connectivity index (χ1) is 13.5. The summed E-state index contributed by atoms with van der Waals surface area (Å²) in [5.41, 5.74) is 3.01. The van der Waals surface area contributed by atoms with Gasteiger partial charge in [-0.15, -0.1) is 0 Å². The van der Waals surface area contributed by atoms with Crippen LogP contribution in [0.1, 0.15) is 17.2 Å². The smallest absolute Gasteiger partial charge is 0.309 e. The number of ether oxygens (including phenoxy) is 2. The van der Waals surface area contributed by atoms with Crippen LogP contribution in [0.15, 0.2) is 48.5 Å². The summed E-state index contributed by atoms with van der Waals surface area (Å²) in [7, 11) is 1.34. The van der Waals surface area contributed by atoms with Crippen LogP contribution in [0.5, 0.6) is 0 Å². The van der Waals surface area contributed by atoms with Crippen molar-refractivity contribution in [3.05, 3.63) is 59.7 Å². The molecular formula is C21H24O7. The Morgan fingerprint density at radius 3 is 2.50 bits per heavy atom. The van der Waals surface area contributed by atoms with Crippen molar-refractivity contribution < 1.29 is 34.7 Å². The topological polar surface area (TPSA) is 116 Å². The number of rotatable bonds is 5. The van der Waals surface area contributed by atoms with Crippen molar-refractivity contribution in [3.63, 3.8) is 0 Å². The molecular weight excluding hydrogens is 364 g/mol. The minimum absolute atomic E-state index is 0.122. The maximum Gasteiger partial charge on any atom is 0.309 e. The van der Waals surface area contributed by atoms with Crippen LogP contribution in [0, 0.1) is 0 Å². The predicted molar refractivity (Wildman–Crippen MR) is 100 cm³/mol. The second-order valence-electron chi connectivity index (χ2n) is 6.79. The van der Waals surface area contributed by atoms with Gasteiger partial charge in [0.15, 0.2) is 0 Å². The Morgan fingerprint density at radius 1 is 1.04 bits per heavy atom. The number of aliphatic hydroxyl groups is 4. The minimum Gasteiger partial charge on any atom is -0.469 e. The molecule has 0 aliphatic carbocycles. The standard InChI is InChI=1S/C21H24O7/c1-27-17(23)10-13-5-2-3-8-15(13)12-6-4-7-14(9-12)21-20(26)19(25)18(24)16(11-22)28-21/h2-9,16,18-22,24-26H,10-11H2,1H3/t16?,18-,19+,20+,21-/m1/s1. The second kappa shape index (κ2) is 8.81. The third kappa shape index (κ3) is 4.09. The van der Waals surface area contributed by atoms with Gasteiger partial charge < -0.3 is 29.9 Å². The molecule has 3 rings (SSSR count). The van der Waals surface area contributed by atoms with E-state index in [2.05, 4.69) is 0 Å². The highest BCUT2D eigenvalue weighted by Crippen LogP contribution is 2.34. The molecule has 2 aromatic rings. The molecule has 28 heavy (non-hydrogen) atoms. The average Bonchev–Trinajstić information content (AvgIpc) is 2.72. The van der Waals surface area contributed by atoms with E-state index in [4.69, 9.17) is 9.47 Å². The molecule has 0 aromatic heterocycles. The summed E-state index contributed by atoms with van der Waals surface area (Å²) in [6.45, 7) is -0.483. The molecule has 0 amide bonds. The lowest BCUT2D eigenvalue weighted by Crippen LogP contribution is -2.55. The zero-order valence-electron chi connectivity index (χ0n) is 15.4. The van der Waals surface area contributed by atoms with Crippen molar-refractivity contribution in [1.29, 1.82) is 0 Å². The van der Waals surface area contributed by atoms with Crippen LogP contribution in [0.3, 0.4) is 0 Å². The predicted octanol–water partition coefficient (Wildman–Crippen LogP) is 0.584. The highest BCUT2D eigenvalue weighted by molar-refractivity contribution is 5.78. The summed E-state index contributed by atoms with van der Waals surface area (Å²) in [6.07, 6.45) is -5.96.